The molecule has 0 unspecified atom stereocenters. The van der Waals surface area contributed by atoms with Gasteiger partial charge < -0.3 is 19.5 Å². The van der Waals surface area contributed by atoms with Gasteiger partial charge in [-0.1, -0.05) is 24.3 Å². The molecule has 0 aromatic heterocycles. The molecule has 6 nitrogen and oxygen atoms in total. The second-order valence-electron chi connectivity index (χ2n) is 9.02. The van der Waals surface area contributed by atoms with E-state index in [0.717, 1.165) is 33.6 Å². The summed E-state index contributed by atoms with van der Waals surface area (Å²) in [5.74, 6) is -0.227. The zero-order valence-electron chi connectivity index (χ0n) is 21.8. The van der Waals surface area contributed by atoms with Crippen molar-refractivity contribution in [2.45, 2.75) is 47.1 Å². The van der Waals surface area contributed by atoms with Crippen molar-refractivity contribution < 1.29 is 28.6 Å². The van der Waals surface area contributed by atoms with Crippen LogP contribution in [0.4, 0.5) is 4.39 Å². The Balaban J connectivity index is 1.67. The number of hydrogen-bond donors (Lipinski definition) is 1. The summed E-state index contributed by atoms with van der Waals surface area (Å²) in [6.07, 6.45) is 0.0226. The third kappa shape index (κ3) is 7.81. The highest BCUT2D eigenvalue weighted by molar-refractivity contribution is 5.73. The van der Waals surface area contributed by atoms with Crippen molar-refractivity contribution in [2.24, 2.45) is 0 Å². The fourth-order valence-corrected chi connectivity index (χ4v) is 4.32. The lowest BCUT2D eigenvalue weighted by Crippen LogP contribution is -2.32. The van der Waals surface area contributed by atoms with E-state index >= 15 is 0 Å². The SMILES string of the molecule is CCN(CCOc1cc(C)c(-c2cccc(COc3ccc(CCC(=O)O)c(F)c3)c2)c(C)c1)C(C)=O. The highest BCUT2D eigenvalue weighted by Crippen LogP contribution is 2.32. The summed E-state index contributed by atoms with van der Waals surface area (Å²) in [7, 11) is 0. The first-order chi connectivity index (χ1) is 17.7. The number of amides is 1. The summed E-state index contributed by atoms with van der Waals surface area (Å²) in [5, 5.41) is 8.80. The van der Waals surface area contributed by atoms with E-state index in [1.54, 1.807) is 24.0 Å². The number of halogens is 1. The van der Waals surface area contributed by atoms with Crippen molar-refractivity contribution in [1.82, 2.24) is 4.90 Å². The van der Waals surface area contributed by atoms with E-state index in [9.17, 15) is 14.0 Å². The van der Waals surface area contributed by atoms with Gasteiger partial charge in [-0.05, 0) is 84.8 Å². The largest absolute Gasteiger partial charge is 0.492 e. The maximum atomic E-state index is 14.3. The number of carbonyl (C=O) groups is 2. The number of carboxylic acids is 1. The van der Waals surface area contributed by atoms with Gasteiger partial charge in [-0.25, -0.2) is 4.39 Å². The van der Waals surface area contributed by atoms with Crippen LogP contribution in [0.3, 0.4) is 0 Å². The number of aryl methyl sites for hydroxylation is 3. The van der Waals surface area contributed by atoms with Crippen molar-refractivity contribution in [1.29, 1.82) is 0 Å². The first-order valence-electron chi connectivity index (χ1n) is 12.4. The predicted molar refractivity (Wildman–Crippen MR) is 141 cm³/mol. The van der Waals surface area contributed by atoms with Crippen LogP contribution in [-0.4, -0.2) is 41.6 Å². The van der Waals surface area contributed by atoms with Gasteiger partial charge in [-0.2, -0.15) is 0 Å². The topological polar surface area (TPSA) is 76.1 Å². The molecule has 3 aromatic rings. The minimum absolute atomic E-state index is 0.0376. The Morgan fingerprint density at radius 2 is 1.70 bits per heavy atom. The average Bonchev–Trinajstić information content (AvgIpc) is 2.84. The number of nitrogens with zero attached hydrogens (tertiary/aromatic N) is 1. The third-order valence-corrected chi connectivity index (χ3v) is 6.22. The molecular weight excluding hydrogens is 473 g/mol. The monoisotopic (exact) mass is 507 g/mol. The van der Waals surface area contributed by atoms with E-state index in [2.05, 4.69) is 6.07 Å². The van der Waals surface area contributed by atoms with Crippen molar-refractivity contribution in [3.8, 4) is 22.6 Å². The van der Waals surface area contributed by atoms with E-state index < -0.39 is 11.8 Å². The van der Waals surface area contributed by atoms with Gasteiger partial charge in [0.1, 0.15) is 30.5 Å². The van der Waals surface area contributed by atoms with Crippen LogP contribution in [0.25, 0.3) is 11.1 Å². The number of carboxylic acid groups (broad SMARTS) is 1. The van der Waals surface area contributed by atoms with Crippen LogP contribution in [0.15, 0.2) is 54.6 Å². The predicted octanol–water partition coefficient (Wildman–Crippen LogP) is 5.95. The Hall–Kier alpha value is -3.87. The second-order valence-corrected chi connectivity index (χ2v) is 9.02. The summed E-state index contributed by atoms with van der Waals surface area (Å²) in [4.78, 5) is 24.1. The minimum atomic E-state index is -0.958. The van der Waals surface area contributed by atoms with E-state index in [1.165, 1.54) is 6.07 Å². The van der Waals surface area contributed by atoms with Crippen LogP contribution in [-0.2, 0) is 22.6 Å². The van der Waals surface area contributed by atoms with Crippen molar-refractivity contribution >= 4 is 11.9 Å². The number of benzene rings is 3. The zero-order chi connectivity index (χ0) is 26.9. The molecule has 0 fully saturated rings. The highest BCUT2D eigenvalue weighted by Gasteiger charge is 2.12. The Bertz CT molecular complexity index is 1230. The van der Waals surface area contributed by atoms with Crippen LogP contribution in [0.5, 0.6) is 11.5 Å². The molecule has 1 amide bonds. The summed E-state index contributed by atoms with van der Waals surface area (Å²) < 4.78 is 26.0. The minimum Gasteiger partial charge on any atom is -0.492 e. The fraction of sp³-hybridized carbons (Fsp3) is 0.333. The first kappa shape index (κ1) is 27.7. The Morgan fingerprint density at radius 3 is 2.32 bits per heavy atom. The molecule has 1 N–H and O–H groups in total. The van der Waals surface area contributed by atoms with E-state index in [1.807, 2.05) is 51.1 Å². The molecule has 0 aliphatic heterocycles. The van der Waals surface area contributed by atoms with Gasteiger partial charge in [0.15, 0.2) is 0 Å². The molecule has 0 spiro atoms. The van der Waals surface area contributed by atoms with Gasteiger partial charge >= 0.3 is 5.97 Å². The average molecular weight is 508 g/mol. The maximum Gasteiger partial charge on any atom is 0.303 e. The smallest absolute Gasteiger partial charge is 0.303 e. The lowest BCUT2D eigenvalue weighted by Gasteiger charge is -2.20. The van der Waals surface area contributed by atoms with Crippen LogP contribution in [0.1, 0.15) is 42.5 Å². The molecule has 0 saturated carbocycles. The van der Waals surface area contributed by atoms with Gasteiger partial charge in [0.25, 0.3) is 0 Å². The number of likely N-dealkylation sites (N-methyl/N-ethyl adjacent to an activating group) is 1. The normalized spacial score (nSPS) is 10.7. The van der Waals surface area contributed by atoms with Gasteiger partial charge in [-0.15, -0.1) is 0 Å². The molecule has 0 atom stereocenters. The Labute approximate surface area is 217 Å². The first-order valence-corrected chi connectivity index (χ1v) is 12.4. The molecule has 0 radical (unpaired) electrons. The number of rotatable bonds is 12. The van der Waals surface area contributed by atoms with Crippen molar-refractivity contribution in [2.75, 3.05) is 19.7 Å². The quantitative estimate of drug-likeness (QED) is 0.328. The molecule has 37 heavy (non-hydrogen) atoms. The van der Waals surface area contributed by atoms with Crippen molar-refractivity contribution in [3.63, 3.8) is 0 Å². The molecule has 0 saturated heterocycles. The molecule has 7 heteroatoms. The van der Waals surface area contributed by atoms with Gasteiger partial charge in [0.2, 0.25) is 5.91 Å². The number of carbonyl (C=O) groups excluding carboxylic acids is 1. The number of hydrogen-bond acceptors (Lipinski definition) is 4. The summed E-state index contributed by atoms with van der Waals surface area (Å²) in [5.41, 5.74) is 5.61. The molecule has 0 aliphatic carbocycles. The van der Waals surface area contributed by atoms with Crippen LogP contribution >= 0.6 is 0 Å². The number of ether oxygens (including phenoxy) is 2. The fourth-order valence-electron chi connectivity index (χ4n) is 4.32. The molecule has 0 aliphatic rings. The Morgan fingerprint density at radius 1 is 0.973 bits per heavy atom. The molecule has 196 valence electrons. The molecule has 0 bridgehead atoms. The standard InChI is InChI=1S/C30H34FNO5/c1-5-32(22(4)33)13-14-36-27-15-20(2)30(21(3)16-27)25-8-6-7-23(17-25)19-37-26-11-9-24(28(31)18-26)10-12-29(34)35/h6-9,11,15-18H,5,10,12-14,19H2,1-4H3,(H,34,35). The van der Waals surface area contributed by atoms with Gasteiger partial charge in [0.05, 0.1) is 6.54 Å². The molecule has 3 rings (SSSR count). The zero-order valence-corrected chi connectivity index (χ0v) is 21.8. The van der Waals surface area contributed by atoms with E-state index in [0.29, 0.717) is 31.0 Å². The van der Waals surface area contributed by atoms with Crippen LogP contribution < -0.4 is 9.47 Å². The van der Waals surface area contributed by atoms with Gasteiger partial charge in [0, 0.05) is 26.0 Å². The van der Waals surface area contributed by atoms with Crippen LogP contribution in [0, 0.1) is 19.7 Å². The van der Waals surface area contributed by atoms with Crippen molar-refractivity contribution in [3.05, 3.63) is 82.7 Å². The summed E-state index contributed by atoms with van der Waals surface area (Å²) in [6, 6.07) is 16.6. The number of aliphatic carboxylic acids is 1. The highest BCUT2D eigenvalue weighted by atomic mass is 19.1. The lowest BCUT2D eigenvalue weighted by atomic mass is 9.94. The maximum absolute atomic E-state index is 14.3. The molecule has 0 heterocycles. The van der Waals surface area contributed by atoms with Crippen LogP contribution in [0.2, 0.25) is 0 Å². The molecule has 3 aromatic carbocycles. The van der Waals surface area contributed by atoms with E-state index in [4.69, 9.17) is 14.6 Å². The van der Waals surface area contributed by atoms with E-state index in [-0.39, 0.29) is 25.4 Å². The molecular formula is C30H34FNO5. The lowest BCUT2D eigenvalue weighted by molar-refractivity contribution is -0.137. The second kappa shape index (κ2) is 12.9. The summed E-state index contributed by atoms with van der Waals surface area (Å²) in [6.45, 7) is 9.49. The summed E-state index contributed by atoms with van der Waals surface area (Å²) >= 11 is 0. The Kier molecular flexibility index (Phi) is 9.66. The third-order valence-electron chi connectivity index (χ3n) is 6.22. The van der Waals surface area contributed by atoms with Gasteiger partial charge in [-0.3, -0.25) is 9.59 Å².